The van der Waals surface area contributed by atoms with E-state index in [2.05, 4.69) is 18.2 Å². The Bertz CT molecular complexity index is 638. The van der Waals surface area contributed by atoms with Gasteiger partial charge in [0.25, 0.3) is 0 Å². The normalized spacial score (nSPS) is 12.3. The molecule has 1 atom stereocenters. The van der Waals surface area contributed by atoms with Gasteiger partial charge in [0.2, 0.25) is 0 Å². The number of ether oxygens (including phenoxy) is 1. The van der Waals surface area contributed by atoms with Crippen LogP contribution in [0.15, 0.2) is 30.3 Å². The molecule has 0 fully saturated rings. The van der Waals surface area contributed by atoms with E-state index in [9.17, 15) is 0 Å². The molecule has 0 radical (unpaired) electrons. The maximum Gasteiger partial charge on any atom is 0.138 e. The molecule has 0 bridgehead atoms. The molecule has 0 aromatic heterocycles. The van der Waals surface area contributed by atoms with Crippen LogP contribution in [-0.2, 0) is 0 Å². The molecule has 20 heavy (non-hydrogen) atoms. The van der Waals surface area contributed by atoms with Gasteiger partial charge >= 0.3 is 0 Å². The molecule has 0 aliphatic rings. The molecule has 2 aromatic rings. The fraction of sp³-hybridized carbons (Fsp3) is 0.250. The summed E-state index contributed by atoms with van der Waals surface area (Å²) in [6.45, 7) is 4.07. The Balaban J connectivity index is 2.50. The predicted octanol–water partition coefficient (Wildman–Crippen LogP) is 5.95. The summed E-state index contributed by atoms with van der Waals surface area (Å²) in [5, 5.41) is 0.709. The van der Waals surface area contributed by atoms with Gasteiger partial charge < -0.3 is 4.74 Å². The number of aryl methyl sites for hydroxylation is 2. The number of alkyl halides is 1. The highest BCUT2D eigenvalue weighted by atomic mass is 35.5. The second-order valence-electron chi connectivity index (χ2n) is 4.73. The van der Waals surface area contributed by atoms with E-state index in [0.717, 1.165) is 22.3 Å². The highest BCUT2D eigenvalue weighted by Crippen LogP contribution is 2.40. The molecule has 1 unspecified atom stereocenters. The van der Waals surface area contributed by atoms with Crippen molar-refractivity contribution in [1.82, 2.24) is 0 Å². The summed E-state index contributed by atoms with van der Waals surface area (Å²) in [6.07, 6.45) is 0. The number of halogens is 3. The lowest BCUT2D eigenvalue weighted by molar-refractivity contribution is 0.415. The molecule has 0 heterocycles. The lowest BCUT2D eigenvalue weighted by Gasteiger charge is -2.17. The molecule has 0 saturated heterocycles. The van der Waals surface area contributed by atoms with Gasteiger partial charge in [-0.15, -0.1) is 11.6 Å². The summed E-state index contributed by atoms with van der Waals surface area (Å²) < 4.78 is 5.15. The van der Waals surface area contributed by atoms with E-state index >= 15 is 0 Å². The van der Waals surface area contributed by atoms with Crippen LogP contribution in [-0.4, -0.2) is 7.11 Å². The number of hydrogen-bond acceptors (Lipinski definition) is 1. The first-order valence-corrected chi connectivity index (χ1v) is 7.37. The third-order valence-electron chi connectivity index (χ3n) is 3.25. The smallest absolute Gasteiger partial charge is 0.138 e. The zero-order valence-electron chi connectivity index (χ0n) is 11.5. The van der Waals surface area contributed by atoms with Crippen LogP contribution in [0.4, 0.5) is 0 Å². The lowest BCUT2D eigenvalue weighted by Crippen LogP contribution is -1.99. The minimum atomic E-state index is -0.342. The molecule has 2 rings (SSSR count). The standard InChI is InChI=1S/C16H15Cl3O/c1-9-4-5-10(2)11(6-9)16(19)12-7-14(18)15(20-3)8-13(12)17/h4-8,16H,1-3H3. The van der Waals surface area contributed by atoms with Gasteiger partial charge in [0.05, 0.1) is 17.5 Å². The predicted molar refractivity (Wildman–Crippen MR) is 86.6 cm³/mol. The summed E-state index contributed by atoms with van der Waals surface area (Å²) in [5.41, 5.74) is 4.10. The molecular weight excluding hydrogens is 315 g/mol. The summed E-state index contributed by atoms with van der Waals surface area (Å²) in [4.78, 5) is 0. The molecule has 0 spiro atoms. The van der Waals surface area contributed by atoms with E-state index in [4.69, 9.17) is 39.5 Å². The van der Waals surface area contributed by atoms with Crippen LogP contribution in [0.25, 0.3) is 0 Å². The minimum Gasteiger partial charge on any atom is -0.495 e. The zero-order chi connectivity index (χ0) is 14.9. The Hall–Kier alpha value is -0.890. The van der Waals surface area contributed by atoms with Crippen molar-refractivity contribution < 1.29 is 4.74 Å². The Morgan fingerprint density at radius 2 is 1.65 bits per heavy atom. The number of benzene rings is 2. The highest BCUT2D eigenvalue weighted by molar-refractivity contribution is 6.36. The average molecular weight is 330 g/mol. The number of methoxy groups -OCH3 is 1. The third-order valence-corrected chi connectivity index (χ3v) is 4.34. The van der Waals surface area contributed by atoms with E-state index < -0.39 is 0 Å². The summed E-state index contributed by atoms with van der Waals surface area (Å²) >= 11 is 19.1. The average Bonchev–Trinajstić information content (AvgIpc) is 2.42. The van der Waals surface area contributed by atoms with Crippen molar-refractivity contribution in [3.63, 3.8) is 0 Å². The van der Waals surface area contributed by atoms with Gasteiger partial charge in [-0.25, -0.2) is 0 Å². The van der Waals surface area contributed by atoms with Gasteiger partial charge in [0, 0.05) is 11.1 Å². The van der Waals surface area contributed by atoms with E-state index in [1.165, 1.54) is 0 Å². The van der Waals surface area contributed by atoms with Crippen LogP contribution in [0.5, 0.6) is 5.75 Å². The molecule has 4 heteroatoms. The fourth-order valence-corrected chi connectivity index (χ4v) is 3.08. The quantitative estimate of drug-likeness (QED) is 0.632. The highest BCUT2D eigenvalue weighted by Gasteiger charge is 2.18. The van der Waals surface area contributed by atoms with Gasteiger partial charge in [0.1, 0.15) is 5.75 Å². The van der Waals surface area contributed by atoms with Crippen molar-refractivity contribution in [2.75, 3.05) is 7.11 Å². The Kier molecular flexibility index (Phi) is 4.85. The van der Waals surface area contributed by atoms with Crippen LogP contribution in [0.3, 0.4) is 0 Å². The molecule has 0 saturated carbocycles. The van der Waals surface area contributed by atoms with Crippen molar-refractivity contribution in [2.24, 2.45) is 0 Å². The zero-order valence-corrected chi connectivity index (χ0v) is 13.8. The first-order chi connectivity index (χ1) is 9.43. The molecule has 2 aromatic carbocycles. The number of hydrogen-bond donors (Lipinski definition) is 0. The van der Waals surface area contributed by atoms with Gasteiger partial charge in [0.15, 0.2) is 0 Å². The maximum absolute atomic E-state index is 6.60. The molecule has 0 N–H and O–H groups in total. The second-order valence-corrected chi connectivity index (χ2v) is 5.98. The first kappa shape index (κ1) is 15.5. The van der Waals surface area contributed by atoms with Crippen molar-refractivity contribution >= 4 is 34.8 Å². The molecule has 0 aliphatic heterocycles. The molecular formula is C16H15Cl3O. The molecule has 0 aliphatic carbocycles. The Labute approximate surface area is 134 Å². The first-order valence-electron chi connectivity index (χ1n) is 6.18. The van der Waals surface area contributed by atoms with E-state index in [1.807, 2.05) is 13.8 Å². The molecule has 0 amide bonds. The minimum absolute atomic E-state index is 0.342. The van der Waals surface area contributed by atoms with Gasteiger partial charge in [-0.3, -0.25) is 0 Å². The van der Waals surface area contributed by atoms with Crippen LogP contribution in [0, 0.1) is 13.8 Å². The summed E-state index contributed by atoms with van der Waals surface area (Å²) in [5.74, 6) is 0.547. The maximum atomic E-state index is 6.60. The topological polar surface area (TPSA) is 9.23 Å². The second kappa shape index (κ2) is 6.26. The third kappa shape index (κ3) is 3.06. The van der Waals surface area contributed by atoms with Crippen LogP contribution >= 0.6 is 34.8 Å². The van der Waals surface area contributed by atoms with Crippen molar-refractivity contribution in [3.05, 3.63) is 62.6 Å². The van der Waals surface area contributed by atoms with E-state index in [1.54, 1.807) is 19.2 Å². The largest absolute Gasteiger partial charge is 0.495 e. The van der Waals surface area contributed by atoms with Gasteiger partial charge in [-0.05, 0) is 36.6 Å². The monoisotopic (exact) mass is 328 g/mol. The van der Waals surface area contributed by atoms with Crippen molar-refractivity contribution in [1.29, 1.82) is 0 Å². The molecule has 106 valence electrons. The summed E-state index contributed by atoms with van der Waals surface area (Å²) in [7, 11) is 1.56. The van der Waals surface area contributed by atoms with Gasteiger partial charge in [-0.2, -0.15) is 0 Å². The van der Waals surface area contributed by atoms with Crippen LogP contribution < -0.4 is 4.74 Å². The van der Waals surface area contributed by atoms with Crippen molar-refractivity contribution in [3.8, 4) is 5.75 Å². The van der Waals surface area contributed by atoms with Crippen LogP contribution in [0.1, 0.15) is 27.6 Å². The fourth-order valence-electron chi connectivity index (χ4n) is 2.10. The lowest BCUT2D eigenvalue weighted by atomic mass is 9.98. The molecule has 1 nitrogen and oxygen atoms in total. The number of rotatable bonds is 3. The van der Waals surface area contributed by atoms with Crippen molar-refractivity contribution in [2.45, 2.75) is 19.2 Å². The Morgan fingerprint density at radius 3 is 2.30 bits per heavy atom. The summed E-state index contributed by atoms with van der Waals surface area (Å²) in [6, 6.07) is 9.65. The van der Waals surface area contributed by atoms with E-state index in [0.29, 0.717) is 15.8 Å². The van der Waals surface area contributed by atoms with Gasteiger partial charge in [-0.1, -0.05) is 47.0 Å². The Morgan fingerprint density at radius 1 is 0.950 bits per heavy atom. The van der Waals surface area contributed by atoms with Crippen LogP contribution in [0.2, 0.25) is 10.0 Å². The van der Waals surface area contributed by atoms with E-state index in [-0.39, 0.29) is 5.38 Å². The SMILES string of the molecule is COc1cc(Cl)c(C(Cl)c2cc(C)ccc2C)cc1Cl.